The summed E-state index contributed by atoms with van der Waals surface area (Å²) in [4.78, 5) is 0. The van der Waals surface area contributed by atoms with Gasteiger partial charge in [0.15, 0.2) is 0 Å². The van der Waals surface area contributed by atoms with Crippen LogP contribution in [0.5, 0.6) is 11.5 Å². The molecule has 0 radical (unpaired) electrons. The van der Waals surface area contributed by atoms with Crippen molar-refractivity contribution in [1.82, 2.24) is 0 Å². The van der Waals surface area contributed by atoms with E-state index >= 15 is 0 Å². The summed E-state index contributed by atoms with van der Waals surface area (Å²) in [6, 6.07) is 12.6. The molecule has 0 unspecified atom stereocenters. The van der Waals surface area contributed by atoms with Crippen LogP contribution in [0.25, 0.3) is 0 Å². The monoisotopic (exact) mass is 283 g/mol. The number of benzene rings is 2. The van der Waals surface area contributed by atoms with Crippen LogP contribution in [0.3, 0.4) is 0 Å². The Kier molecular flexibility index (Phi) is 4.00. The number of fused-ring (bicyclic) bond motifs is 1. The van der Waals surface area contributed by atoms with Crippen molar-refractivity contribution in [2.24, 2.45) is 0 Å². The minimum atomic E-state index is 0.788. The molecule has 0 atom stereocenters. The average Bonchev–Trinajstić information content (AvgIpc) is 3.00. The van der Waals surface area contributed by atoms with E-state index in [0.717, 1.165) is 23.7 Å². The topological polar surface area (TPSA) is 30.5 Å². The first kappa shape index (κ1) is 13.8. The molecule has 2 aromatic carbocycles. The van der Waals surface area contributed by atoms with E-state index in [1.807, 2.05) is 18.2 Å². The van der Waals surface area contributed by atoms with Gasteiger partial charge in [-0.25, -0.2) is 0 Å². The molecule has 1 aliphatic carbocycles. The largest absolute Gasteiger partial charge is 0.497 e. The van der Waals surface area contributed by atoms with Gasteiger partial charge in [0.05, 0.1) is 19.9 Å². The first-order valence-electron chi connectivity index (χ1n) is 7.37. The Labute approximate surface area is 125 Å². The molecule has 3 heteroatoms. The van der Waals surface area contributed by atoms with E-state index in [0.29, 0.717) is 0 Å². The summed E-state index contributed by atoms with van der Waals surface area (Å²) in [5.74, 6) is 1.66. The summed E-state index contributed by atoms with van der Waals surface area (Å²) >= 11 is 0. The molecule has 21 heavy (non-hydrogen) atoms. The molecule has 2 aromatic rings. The first-order chi connectivity index (χ1) is 10.3. The number of hydrogen-bond acceptors (Lipinski definition) is 3. The standard InChI is InChI=1S/C18H21NO2/c1-20-16-8-9-18(21-2)17(11-16)19-12-13-6-7-14-4-3-5-15(14)10-13/h6-11,19H,3-5,12H2,1-2H3. The molecule has 0 bridgehead atoms. The third-order valence-corrected chi connectivity index (χ3v) is 4.05. The quantitative estimate of drug-likeness (QED) is 0.905. The molecule has 1 aliphatic rings. The third-order valence-electron chi connectivity index (χ3n) is 4.05. The predicted octanol–water partition coefficient (Wildman–Crippen LogP) is 3.80. The second kappa shape index (κ2) is 6.08. The highest BCUT2D eigenvalue weighted by atomic mass is 16.5. The molecule has 0 spiro atoms. The van der Waals surface area contributed by atoms with Crippen LogP contribution < -0.4 is 14.8 Å². The van der Waals surface area contributed by atoms with Crippen LogP contribution in [0.2, 0.25) is 0 Å². The predicted molar refractivity (Wildman–Crippen MR) is 85.3 cm³/mol. The highest BCUT2D eigenvalue weighted by Crippen LogP contribution is 2.29. The zero-order chi connectivity index (χ0) is 14.7. The molecule has 0 heterocycles. The fourth-order valence-corrected chi connectivity index (χ4v) is 2.88. The van der Waals surface area contributed by atoms with Gasteiger partial charge in [-0.2, -0.15) is 0 Å². The minimum absolute atomic E-state index is 0.788. The second-order valence-corrected chi connectivity index (χ2v) is 5.38. The lowest BCUT2D eigenvalue weighted by Gasteiger charge is -2.13. The van der Waals surface area contributed by atoms with Crippen molar-refractivity contribution in [3.63, 3.8) is 0 Å². The Bertz CT molecular complexity index is 637. The molecule has 110 valence electrons. The van der Waals surface area contributed by atoms with Gasteiger partial charge >= 0.3 is 0 Å². The highest BCUT2D eigenvalue weighted by Gasteiger charge is 2.11. The summed E-state index contributed by atoms with van der Waals surface area (Å²) < 4.78 is 10.7. The lowest BCUT2D eigenvalue weighted by Crippen LogP contribution is -2.02. The van der Waals surface area contributed by atoms with Crippen LogP contribution in [-0.2, 0) is 19.4 Å². The van der Waals surface area contributed by atoms with E-state index in [2.05, 4.69) is 23.5 Å². The van der Waals surface area contributed by atoms with Gasteiger partial charge in [-0.15, -0.1) is 0 Å². The van der Waals surface area contributed by atoms with Gasteiger partial charge in [-0.1, -0.05) is 18.2 Å². The molecule has 0 aliphatic heterocycles. The van der Waals surface area contributed by atoms with Crippen molar-refractivity contribution in [3.05, 3.63) is 53.1 Å². The van der Waals surface area contributed by atoms with E-state index in [1.165, 1.54) is 36.0 Å². The molecule has 0 amide bonds. The summed E-state index contributed by atoms with van der Waals surface area (Å²) in [6.45, 7) is 0.788. The van der Waals surface area contributed by atoms with E-state index < -0.39 is 0 Å². The maximum Gasteiger partial charge on any atom is 0.142 e. The van der Waals surface area contributed by atoms with Crippen molar-refractivity contribution >= 4 is 5.69 Å². The van der Waals surface area contributed by atoms with E-state index in [9.17, 15) is 0 Å². The molecular weight excluding hydrogens is 262 g/mol. The molecule has 1 N–H and O–H groups in total. The normalized spacial score (nSPS) is 12.9. The Morgan fingerprint density at radius 2 is 1.81 bits per heavy atom. The smallest absolute Gasteiger partial charge is 0.142 e. The average molecular weight is 283 g/mol. The van der Waals surface area contributed by atoms with Gasteiger partial charge in [0.25, 0.3) is 0 Å². The Hall–Kier alpha value is -2.16. The zero-order valence-corrected chi connectivity index (χ0v) is 12.6. The fraction of sp³-hybridized carbons (Fsp3) is 0.333. The van der Waals surface area contributed by atoms with Crippen molar-refractivity contribution in [2.45, 2.75) is 25.8 Å². The number of anilines is 1. The van der Waals surface area contributed by atoms with Gasteiger partial charge in [-0.05, 0) is 48.1 Å². The summed E-state index contributed by atoms with van der Waals surface area (Å²) in [6.07, 6.45) is 3.73. The third kappa shape index (κ3) is 2.97. The van der Waals surface area contributed by atoms with Crippen molar-refractivity contribution in [3.8, 4) is 11.5 Å². The van der Waals surface area contributed by atoms with Crippen LogP contribution in [0, 0.1) is 0 Å². The second-order valence-electron chi connectivity index (χ2n) is 5.38. The lowest BCUT2D eigenvalue weighted by atomic mass is 10.1. The van der Waals surface area contributed by atoms with Gasteiger partial charge in [0.1, 0.15) is 11.5 Å². The number of hydrogen-bond donors (Lipinski definition) is 1. The van der Waals surface area contributed by atoms with Crippen molar-refractivity contribution in [1.29, 1.82) is 0 Å². The van der Waals surface area contributed by atoms with Gasteiger partial charge in [0.2, 0.25) is 0 Å². The van der Waals surface area contributed by atoms with E-state index in [-0.39, 0.29) is 0 Å². The fourth-order valence-electron chi connectivity index (χ4n) is 2.88. The summed E-state index contributed by atoms with van der Waals surface area (Å²) in [7, 11) is 3.36. The van der Waals surface area contributed by atoms with Gasteiger partial charge in [-0.3, -0.25) is 0 Å². The number of nitrogens with one attached hydrogen (secondary N) is 1. The maximum absolute atomic E-state index is 5.39. The number of ether oxygens (including phenoxy) is 2. The van der Waals surface area contributed by atoms with Crippen molar-refractivity contribution in [2.75, 3.05) is 19.5 Å². The van der Waals surface area contributed by atoms with Crippen LogP contribution in [0.1, 0.15) is 23.1 Å². The Balaban J connectivity index is 1.75. The summed E-state index contributed by atoms with van der Waals surface area (Å²) in [5, 5.41) is 3.44. The maximum atomic E-state index is 5.39. The van der Waals surface area contributed by atoms with Crippen LogP contribution in [0.15, 0.2) is 36.4 Å². The Morgan fingerprint density at radius 1 is 0.952 bits per heavy atom. The molecule has 0 aromatic heterocycles. The number of methoxy groups -OCH3 is 2. The van der Waals surface area contributed by atoms with Crippen LogP contribution in [0.4, 0.5) is 5.69 Å². The molecule has 0 saturated heterocycles. The highest BCUT2D eigenvalue weighted by molar-refractivity contribution is 5.60. The Morgan fingerprint density at radius 3 is 2.62 bits per heavy atom. The minimum Gasteiger partial charge on any atom is -0.497 e. The first-order valence-corrected chi connectivity index (χ1v) is 7.37. The van der Waals surface area contributed by atoms with Gasteiger partial charge < -0.3 is 14.8 Å². The van der Waals surface area contributed by atoms with Crippen LogP contribution >= 0.6 is 0 Å². The van der Waals surface area contributed by atoms with E-state index in [4.69, 9.17) is 9.47 Å². The molecular formula is C18H21NO2. The zero-order valence-electron chi connectivity index (χ0n) is 12.6. The number of rotatable bonds is 5. The summed E-state index contributed by atoms with van der Waals surface area (Å²) in [5.41, 5.74) is 5.28. The van der Waals surface area contributed by atoms with Gasteiger partial charge in [0, 0.05) is 12.6 Å². The van der Waals surface area contributed by atoms with Crippen LogP contribution in [-0.4, -0.2) is 14.2 Å². The van der Waals surface area contributed by atoms with E-state index in [1.54, 1.807) is 14.2 Å². The van der Waals surface area contributed by atoms with Crippen molar-refractivity contribution < 1.29 is 9.47 Å². The molecule has 0 fully saturated rings. The molecule has 3 nitrogen and oxygen atoms in total. The molecule has 3 rings (SSSR count). The lowest BCUT2D eigenvalue weighted by molar-refractivity contribution is 0.404. The SMILES string of the molecule is COc1ccc(OC)c(NCc2ccc3c(c2)CCC3)c1. The molecule has 0 saturated carbocycles. The number of aryl methyl sites for hydroxylation is 2.